The summed E-state index contributed by atoms with van der Waals surface area (Å²) in [5, 5.41) is 8.85. The molecule has 2 aliphatic heterocycles. The van der Waals surface area contributed by atoms with Crippen molar-refractivity contribution in [3.05, 3.63) is 17.0 Å². The summed E-state index contributed by atoms with van der Waals surface area (Å²) in [6.45, 7) is -1.94. The summed E-state index contributed by atoms with van der Waals surface area (Å²) in [5.74, 6) is -0.756. The van der Waals surface area contributed by atoms with Crippen molar-refractivity contribution in [3.8, 4) is 6.07 Å². The fourth-order valence-corrected chi connectivity index (χ4v) is 3.70. The van der Waals surface area contributed by atoms with E-state index < -0.39 is 6.69 Å². The zero-order valence-corrected chi connectivity index (χ0v) is 10.4. The number of hydrogen-bond donors (Lipinski definition) is 0. The van der Waals surface area contributed by atoms with Gasteiger partial charge in [0.1, 0.15) is 24.0 Å². The number of hydrogen-bond acceptors (Lipinski definition) is 6. The van der Waals surface area contributed by atoms with E-state index in [1.54, 1.807) is 19.2 Å². The monoisotopic (exact) mass is 264 g/mol. The highest BCUT2D eigenvalue weighted by Gasteiger charge is 2.66. The minimum atomic E-state index is -2.17. The molecule has 0 unspecified atom stereocenters. The molecule has 8 heteroatoms. The lowest BCUT2D eigenvalue weighted by atomic mass is 9.67. The average Bonchev–Trinajstić information content (AvgIpc) is 2.87. The molecule has 1 aromatic rings. The molecule has 0 saturated carbocycles. The van der Waals surface area contributed by atoms with E-state index in [1.807, 2.05) is 6.07 Å². The van der Waals surface area contributed by atoms with Crippen LogP contribution in [0, 0.1) is 11.3 Å². The van der Waals surface area contributed by atoms with Gasteiger partial charge in [-0.15, -0.1) is 0 Å². The molecule has 0 radical (unpaired) electrons. The second kappa shape index (κ2) is 3.34. The van der Waals surface area contributed by atoms with Crippen molar-refractivity contribution in [1.82, 2.24) is 0 Å². The van der Waals surface area contributed by atoms with Gasteiger partial charge in [0.25, 0.3) is 0 Å². The number of nitriles is 1. The van der Waals surface area contributed by atoms with Gasteiger partial charge < -0.3 is 13.7 Å². The minimum absolute atomic E-state index is 0.114. The highest BCUT2D eigenvalue weighted by molar-refractivity contribution is 7.24. The fourth-order valence-electron chi connectivity index (χ4n) is 2.63. The SMILES string of the molecule is C[N+]12CC(=O)O[B-]1(c1ccc(C#N)s1)OC(=O)C2. The third kappa shape index (κ3) is 1.26. The van der Waals surface area contributed by atoms with Crippen molar-refractivity contribution in [2.45, 2.75) is 0 Å². The molecule has 1 aromatic heterocycles. The van der Waals surface area contributed by atoms with Gasteiger partial charge in [-0.2, -0.15) is 16.6 Å². The first-order valence-electron chi connectivity index (χ1n) is 5.41. The Kier molecular flexibility index (Phi) is 2.09. The molecule has 6 nitrogen and oxygen atoms in total. The van der Waals surface area contributed by atoms with E-state index in [0.29, 0.717) is 9.65 Å². The van der Waals surface area contributed by atoms with Crippen molar-refractivity contribution in [2.24, 2.45) is 0 Å². The summed E-state index contributed by atoms with van der Waals surface area (Å²) in [5.41, 5.74) is 0. The number of nitrogens with zero attached hydrogens (tertiary/aromatic N) is 2. The van der Waals surface area contributed by atoms with Gasteiger partial charge in [-0.3, -0.25) is 9.59 Å². The van der Waals surface area contributed by atoms with Crippen LogP contribution in [0.5, 0.6) is 0 Å². The molecular formula is C10H9BN2O4S. The van der Waals surface area contributed by atoms with Gasteiger partial charge in [-0.05, 0) is 6.07 Å². The van der Waals surface area contributed by atoms with Gasteiger partial charge in [0.15, 0.2) is 0 Å². The number of fused-ring (bicyclic) bond motifs is 1. The molecule has 0 amide bonds. The maximum absolute atomic E-state index is 11.5. The predicted molar refractivity (Wildman–Crippen MR) is 62.5 cm³/mol. The number of thiophene rings is 1. The van der Waals surface area contributed by atoms with Crippen molar-refractivity contribution < 1.29 is 23.3 Å². The lowest BCUT2D eigenvalue weighted by molar-refractivity contribution is -0.791. The van der Waals surface area contributed by atoms with E-state index in [0.717, 1.165) is 0 Å². The molecule has 92 valence electrons. The number of carbonyl (C=O) groups excluding carboxylic acids is 2. The fraction of sp³-hybridized carbons (Fsp3) is 0.300. The quantitative estimate of drug-likeness (QED) is 0.628. The van der Waals surface area contributed by atoms with Crippen molar-refractivity contribution >= 4 is 34.7 Å². The smallest absolute Gasteiger partial charge is 0.596 e. The Labute approximate surface area is 107 Å². The lowest BCUT2D eigenvalue weighted by Gasteiger charge is -2.38. The standard InChI is InChI=1S/C10H9BN2O4S/c1-13-5-9(14)16-11(13,17-10(15)6-13)8-3-2-7(4-12)18-8/h2-3H,5-6H2,1H3. The summed E-state index contributed by atoms with van der Waals surface area (Å²) >= 11 is 1.20. The van der Waals surface area contributed by atoms with E-state index in [1.165, 1.54) is 11.3 Å². The Morgan fingerprint density at radius 2 is 1.94 bits per heavy atom. The van der Waals surface area contributed by atoms with Crippen molar-refractivity contribution in [3.63, 3.8) is 0 Å². The van der Waals surface area contributed by atoms with Gasteiger partial charge in [0, 0.05) is 11.8 Å². The van der Waals surface area contributed by atoms with Crippen LogP contribution >= 0.6 is 11.3 Å². The normalized spacial score (nSPS) is 33.8. The summed E-state index contributed by atoms with van der Waals surface area (Å²) in [4.78, 5) is 23.6. The van der Waals surface area contributed by atoms with Gasteiger partial charge in [-0.1, -0.05) is 6.07 Å². The number of likely N-dealkylation sites (N-methyl/N-ethyl adjacent to an activating group) is 1. The van der Waals surface area contributed by atoms with Crippen LogP contribution in [-0.2, 0) is 18.9 Å². The van der Waals surface area contributed by atoms with Gasteiger partial charge in [-0.25, -0.2) is 0 Å². The number of quaternary nitrogens is 1. The predicted octanol–water partition coefficient (Wildman–Crippen LogP) is -0.674. The molecular weight excluding hydrogens is 255 g/mol. The zero-order valence-electron chi connectivity index (χ0n) is 9.58. The zero-order chi connectivity index (χ0) is 13.0. The Hall–Kier alpha value is -1.85. The molecule has 0 aromatic carbocycles. The first kappa shape index (κ1) is 11.3. The first-order valence-corrected chi connectivity index (χ1v) is 6.23. The summed E-state index contributed by atoms with van der Waals surface area (Å²) in [6.07, 6.45) is 0. The largest absolute Gasteiger partial charge is 0.624 e. The minimum Gasteiger partial charge on any atom is -0.596 e. The molecule has 0 bridgehead atoms. The van der Waals surface area contributed by atoms with Crippen LogP contribution in [0.15, 0.2) is 12.1 Å². The van der Waals surface area contributed by atoms with Crippen LogP contribution in [0.3, 0.4) is 0 Å². The molecule has 0 N–H and O–H groups in total. The first-order chi connectivity index (χ1) is 8.49. The molecule has 0 atom stereocenters. The second-order valence-electron chi connectivity index (χ2n) is 4.76. The molecule has 2 fully saturated rings. The van der Waals surface area contributed by atoms with Crippen LogP contribution in [-0.4, -0.2) is 43.2 Å². The van der Waals surface area contributed by atoms with Crippen LogP contribution < -0.4 is 4.78 Å². The van der Waals surface area contributed by atoms with E-state index in [-0.39, 0.29) is 29.4 Å². The van der Waals surface area contributed by atoms with Crippen LogP contribution in [0.25, 0.3) is 0 Å². The maximum Gasteiger partial charge on any atom is 0.624 e. The van der Waals surface area contributed by atoms with Gasteiger partial charge in [0.2, 0.25) is 0 Å². The molecule has 3 rings (SSSR count). The number of rotatable bonds is 1. The Morgan fingerprint density at radius 3 is 2.44 bits per heavy atom. The maximum atomic E-state index is 11.5. The molecule has 0 aliphatic carbocycles. The van der Waals surface area contributed by atoms with E-state index in [9.17, 15) is 9.59 Å². The summed E-state index contributed by atoms with van der Waals surface area (Å²) in [6, 6.07) is 5.35. The molecule has 0 spiro atoms. The summed E-state index contributed by atoms with van der Waals surface area (Å²) < 4.78 is 11.4. The molecule has 3 heterocycles. The third-order valence-electron chi connectivity index (χ3n) is 3.48. The van der Waals surface area contributed by atoms with Crippen LogP contribution in [0.1, 0.15) is 4.88 Å². The highest BCUT2D eigenvalue weighted by atomic mass is 32.1. The van der Waals surface area contributed by atoms with E-state index in [2.05, 4.69) is 0 Å². The second-order valence-corrected chi connectivity index (χ2v) is 5.88. The van der Waals surface area contributed by atoms with Gasteiger partial charge in [0.05, 0.1) is 0 Å². The van der Waals surface area contributed by atoms with Crippen LogP contribution in [0.4, 0.5) is 0 Å². The van der Waals surface area contributed by atoms with E-state index >= 15 is 0 Å². The highest BCUT2D eigenvalue weighted by Crippen LogP contribution is 2.34. The van der Waals surface area contributed by atoms with Crippen molar-refractivity contribution in [1.29, 1.82) is 5.26 Å². The molecule has 18 heavy (non-hydrogen) atoms. The topological polar surface area (TPSA) is 76.4 Å². The third-order valence-corrected chi connectivity index (χ3v) is 4.60. The van der Waals surface area contributed by atoms with Gasteiger partial charge >= 0.3 is 18.6 Å². The number of carbonyl (C=O) groups is 2. The Bertz CT molecular complexity index is 585. The van der Waals surface area contributed by atoms with Crippen LogP contribution in [0.2, 0.25) is 0 Å². The van der Waals surface area contributed by atoms with Crippen molar-refractivity contribution in [2.75, 3.05) is 20.1 Å². The Morgan fingerprint density at radius 1 is 1.33 bits per heavy atom. The Balaban J connectivity index is 2.14. The van der Waals surface area contributed by atoms with E-state index in [4.69, 9.17) is 14.6 Å². The molecule has 2 saturated heterocycles. The molecule has 2 aliphatic rings. The average molecular weight is 264 g/mol. The lowest BCUT2D eigenvalue weighted by Crippen LogP contribution is -2.66. The summed E-state index contributed by atoms with van der Waals surface area (Å²) in [7, 11) is 1.77.